The summed E-state index contributed by atoms with van der Waals surface area (Å²) in [5, 5.41) is 7.75. The quantitative estimate of drug-likeness (QED) is 0.562. The Hall–Kier alpha value is -2.89. The summed E-state index contributed by atoms with van der Waals surface area (Å²) in [7, 11) is 1.29. The molecule has 0 spiro atoms. The van der Waals surface area contributed by atoms with Crippen LogP contribution in [0, 0.1) is 0 Å². The zero-order valence-electron chi connectivity index (χ0n) is 14.3. The van der Waals surface area contributed by atoms with E-state index in [2.05, 4.69) is 22.8 Å². The van der Waals surface area contributed by atoms with E-state index in [0.29, 0.717) is 11.7 Å². The highest BCUT2D eigenvalue weighted by molar-refractivity contribution is 5.94. The lowest BCUT2D eigenvalue weighted by Crippen LogP contribution is -2.11. The van der Waals surface area contributed by atoms with Crippen molar-refractivity contribution in [2.24, 2.45) is 0 Å². The number of carbonyl (C=O) groups is 1. The Kier molecular flexibility index (Phi) is 4.97. The molecular formula is C19H20N2O4. The minimum absolute atomic E-state index is 0.0608. The third kappa shape index (κ3) is 4.15. The lowest BCUT2D eigenvalue weighted by atomic mass is 10.1. The number of carbonyl (C=O) groups excluding carboxylic acids is 1. The third-order valence-corrected chi connectivity index (χ3v) is 3.76. The first-order valence-electron chi connectivity index (χ1n) is 8.07. The highest BCUT2D eigenvalue weighted by atomic mass is 16.5. The Bertz CT molecular complexity index is 800. The monoisotopic (exact) mass is 340 g/mol. The van der Waals surface area contributed by atoms with Gasteiger partial charge in [0.2, 0.25) is 0 Å². The van der Waals surface area contributed by atoms with Gasteiger partial charge in [0.05, 0.1) is 13.3 Å². The van der Waals surface area contributed by atoms with E-state index in [4.69, 9.17) is 14.2 Å². The smallest absolute Gasteiger partial charge is 0.347 e. The molecule has 0 amide bonds. The van der Waals surface area contributed by atoms with Crippen molar-refractivity contribution in [3.63, 3.8) is 0 Å². The van der Waals surface area contributed by atoms with Crippen LogP contribution in [0.2, 0.25) is 0 Å². The van der Waals surface area contributed by atoms with Crippen LogP contribution in [0.15, 0.2) is 42.6 Å². The molecule has 0 saturated heterocycles. The summed E-state index contributed by atoms with van der Waals surface area (Å²) in [5.74, 6) is 0.944. The van der Waals surface area contributed by atoms with E-state index in [9.17, 15) is 4.79 Å². The van der Waals surface area contributed by atoms with Gasteiger partial charge in [0.25, 0.3) is 5.88 Å². The molecule has 1 aliphatic rings. The molecule has 0 aliphatic heterocycles. The van der Waals surface area contributed by atoms with Crippen molar-refractivity contribution in [3.8, 4) is 17.4 Å². The van der Waals surface area contributed by atoms with Crippen LogP contribution in [0.25, 0.3) is 0 Å². The number of aromatic nitrogens is 2. The molecule has 1 aromatic carbocycles. The van der Waals surface area contributed by atoms with E-state index in [1.54, 1.807) is 0 Å². The van der Waals surface area contributed by atoms with Crippen LogP contribution in [-0.2, 0) is 4.74 Å². The van der Waals surface area contributed by atoms with Gasteiger partial charge in [-0.25, -0.2) is 4.79 Å². The maximum atomic E-state index is 12.2. The van der Waals surface area contributed by atoms with Gasteiger partial charge >= 0.3 is 5.97 Å². The highest BCUT2D eigenvalue weighted by Gasteiger charge is 2.25. The van der Waals surface area contributed by atoms with E-state index < -0.39 is 5.97 Å². The van der Waals surface area contributed by atoms with Crippen molar-refractivity contribution < 1.29 is 19.0 Å². The predicted octanol–water partition coefficient (Wildman–Crippen LogP) is 3.89. The molecule has 6 heteroatoms. The minimum Gasteiger partial charge on any atom is -0.471 e. The van der Waals surface area contributed by atoms with Gasteiger partial charge in [0.1, 0.15) is 12.4 Å². The molecule has 0 N–H and O–H groups in total. The molecular weight excluding hydrogens is 320 g/mol. The van der Waals surface area contributed by atoms with Gasteiger partial charge < -0.3 is 14.2 Å². The van der Waals surface area contributed by atoms with Crippen LogP contribution in [0.1, 0.15) is 41.6 Å². The molecule has 6 nitrogen and oxygen atoms in total. The molecule has 3 rings (SSSR count). The summed E-state index contributed by atoms with van der Waals surface area (Å²) < 4.78 is 16.3. The number of hydrogen-bond acceptors (Lipinski definition) is 6. The van der Waals surface area contributed by atoms with E-state index in [0.717, 1.165) is 5.57 Å². The zero-order valence-corrected chi connectivity index (χ0v) is 14.3. The molecule has 1 aliphatic carbocycles. The standard InChI is InChI=1S/C19H20N2O4/c1-12(2)11-24-18-17(19(22)23-3)16(10-20-21-18)25-15-6-4-5-14(9-15)13-7-8-13/h4-6,9-10,13H,1,7-8,11H2,2-3H3. The maximum Gasteiger partial charge on any atom is 0.347 e. The summed E-state index contributed by atoms with van der Waals surface area (Å²) in [6.45, 7) is 5.80. The number of rotatable bonds is 7. The molecule has 25 heavy (non-hydrogen) atoms. The van der Waals surface area contributed by atoms with E-state index in [-0.39, 0.29) is 23.8 Å². The van der Waals surface area contributed by atoms with Gasteiger partial charge in [-0.1, -0.05) is 18.7 Å². The van der Waals surface area contributed by atoms with E-state index >= 15 is 0 Å². The molecule has 130 valence electrons. The Morgan fingerprint density at radius 1 is 1.36 bits per heavy atom. The average Bonchev–Trinajstić information content (AvgIpc) is 3.45. The topological polar surface area (TPSA) is 70.5 Å². The fourth-order valence-corrected chi connectivity index (χ4v) is 2.39. The number of hydrogen-bond donors (Lipinski definition) is 0. The Labute approximate surface area is 146 Å². The van der Waals surface area contributed by atoms with E-state index in [1.807, 2.05) is 25.1 Å². The van der Waals surface area contributed by atoms with Crippen molar-refractivity contribution in [1.29, 1.82) is 0 Å². The molecule has 1 fully saturated rings. The molecule has 2 aromatic rings. The molecule has 1 aromatic heterocycles. The maximum absolute atomic E-state index is 12.2. The second-order valence-corrected chi connectivity index (χ2v) is 6.08. The summed E-state index contributed by atoms with van der Waals surface area (Å²) in [4.78, 5) is 12.2. The number of benzene rings is 1. The second-order valence-electron chi connectivity index (χ2n) is 6.08. The molecule has 0 radical (unpaired) electrons. The molecule has 1 saturated carbocycles. The van der Waals surface area contributed by atoms with Crippen LogP contribution >= 0.6 is 0 Å². The second kappa shape index (κ2) is 7.34. The molecule has 0 unspecified atom stereocenters. The summed E-state index contributed by atoms with van der Waals surface area (Å²) in [6.07, 6.45) is 3.78. The first-order chi connectivity index (χ1) is 12.1. The number of nitrogens with zero attached hydrogens (tertiary/aromatic N) is 2. The van der Waals surface area contributed by atoms with Gasteiger partial charge in [-0.2, -0.15) is 5.10 Å². The number of methoxy groups -OCH3 is 1. The SMILES string of the molecule is C=C(C)COc1nncc(Oc2cccc(C3CC3)c2)c1C(=O)OC. The van der Waals surface area contributed by atoms with Gasteiger partial charge in [-0.15, -0.1) is 5.10 Å². The summed E-state index contributed by atoms with van der Waals surface area (Å²) in [5.41, 5.74) is 2.13. The first kappa shape index (κ1) is 17.0. The third-order valence-electron chi connectivity index (χ3n) is 3.76. The van der Waals surface area contributed by atoms with Crippen LogP contribution in [0.4, 0.5) is 0 Å². The van der Waals surface area contributed by atoms with Gasteiger partial charge in [0.15, 0.2) is 11.3 Å². The fraction of sp³-hybridized carbons (Fsp3) is 0.316. The Balaban J connectivity index is 1.91. The van der Waals surface area contributed by atoms with Crippen molar-refractivity contribution in [2.45, 2.75) is 25.7 Å². The fourth-order valence-electron chi connectivity index (χ4n) is 2.39. The van der Waals surface area contributed by atoms with Crippen LogP contribution in [0.5, 0.6) is 17.4 Å². The lowest BCUT2D eigenvalue weighted by Gasteiger charge is -2.13. The van der Waals surface area contributed by atoms with Crippen molar-refractivity contribution in [2.75, 3.05) is 13.7 Å². The van der Waals surface area contributed by atoms with Crippen LogP contribution < -0.4 is 9.47 Å². The Morgan fingerprint density at radius 3 is 2.84 bits per heavy atom. The lowest BCUT2D eigenvalue weighted by molar-refractivity contribution is 0.0591. The normalized spacial score (nSPS) is 13.2. The summed E-state index contributed by atoms with van der Waals surface area (Å²) >= 11 is 0. The van der Waals surface area contributed by atoms with Crippen molar-refractivity contribution >= 4 is 5.97 Å². The molecule has 1 heterocycles. The number of esters is 1. The Morgan fingerprint density at radius 2 is 2.16 bits per heavy atom. The van der Waals surface area contributed by atoms with Crippen LogP contribution in [-0.4, -0.2) is 29.9 Å². The summed E-state index contributed by atoms with van der Waals surface area (Å²) in [6, 6.07) is 7.83. The van der Waals surface area contributed by atoms with Crippen LogP contribution in [0.3, 0.4) is 0 Å². The molecule has 0 bridgehead atoms. The predicted molar refractivity (Wildman–Crippen MR) is 92.2 cm³/mol. The highest BCUT2D eigenvalue weighted by Crippen LogP contribution is 2.41. The van der Waals surface area contributed by atoms with E-state index in [1.165, 1.54) is 31.7 Å². The van der Waals surface area contributed by atoms with Crippen molar-refractivity contribution in [3.05, 3.63) is 53.7 Å². The van der Waals surface area contributed by atoms with Gasteiger partial charge in [-0.05, 0) is 49.0 Å². The first-order valence-corrected chi connectivity index (χ1v) is 8.07. The van der Waals surface area contributed by atoms with Gasteiger partial charge in [-0.3, -0.25) is 0 Å². The zero-order chi connectivity index (χ0) is 17.8. The minimum atomic E-state index is -0.597. The van der Waals surface area contributed by atoms with Gasteiger partial charge in [0, 0.05) is 0 Å². The number of ether oxygens (including phenoxy) is 3. The average molecular weight is 340 g/mol. The van der Waals surface area contributed by atoms with Crippen molar-refractivity contribution in [1.82, 2.24) is 10.2 Å². The molecule has 0 atom stereocenters. The largest absolute Gasteiger partial charge is 0.471 e.